The first kappa shape index (κ1) is 26.8. The second kappa shape index (κ2) is 13.3. The Hall–Kier alpha value is -1.40. The molecule has 0 saturated heterocycles. The topological polar surface area (TPSA) is 49.4 Å². The lowest BCUT2D eigenvalue weighted by Gasteiger charge is -2.31. The van der Waals surface area contributed by atoms with Gasteiger partial charge < -0.3 is 10.2 Å². The van der Waals surface area contributed by atoms with Crippen LogP contribution >= 0.6 is 46.6 Å². The molecule has 0 unspecified atom stereocenters. The molecule has 174 valence electrons. The van der Waals surface area contributed by atoms with Gasteiger partial charge in [0.1, 0.15) is 6.04 Å². The van der Waals surface area contributed by atoms with Crippen LogP contribution in [0.4, 0.5) is 0 Å². The average molecular weight is 516 g/mol. The van der Waals surface area contributed by atoms with E-state index in [1.54, 1.807) is 23.1 Å². The van der Waals surface area contributed by atoms with Crippen LogP contribution in [-0.4, -0.2) is 34.6 Å². The third-order valence-corrected chi connectivity index (χ3v) is 7.11. The van der Waals surface area contributed by atoms with Gasteiger partial charge in [-0.25, -0.2) is 0 Å². The minimum atomic E-state index is -0.593. The number of benzene rings is 2. The van der Waals surface area contributed by atoms with E-state index in [-0.39, 0.29) is 30.2 Å². The number of hydrogen-bond acceptors (Lipinski definition) is 3. The van der Waals surface area contributed by atoms with Crippen molar-refractivity contribution >= 4 is 58.4 Å². The minimum absolute atomic E-state index is 0.0298. The van der Waals surface area contributed by atoms with Gasteiger partial charge in [0.2, 0.25) is 11.8 Å². The van der Waals surface area contributed by atoms with Gasteiger partial charge in [-0.05, 0) is 49.1 Å². The lowest BCUT2D eigenvalue weighted by atomic mass is 10.1. The molecule has 2 rings (SSSR count). The number of nitrogens with zero attached hydrogens (tertiary/aromatic N) is 1. The number of carbonyl (C=O) groups excluding carboxylic acids is 2. The van der Waals surface area contributed by atoms with E-state index in [1.807, 2.05) is 45.0 Å². The molecule has 0 heterocycles. The summed E-state index contributed by atoms with van der Waals surface area (Å²) in [6.45, 7) is 6.09. The summed E-state index contributed by atoms with van der Waals surface area (Å²) in [5.41, 5.74) is 1.72. The van der Waals surface area contributed by atoms with Gasteiger partial charge in [0.15, 0.2) is 0 Å². The summed E-state index contributed by atoms with van der Waals surface area (Å²) in [7, 11) is 0. The molecule has 0 aliphatic heterocycles. The smallest absolute Gasteiger partial charge is 0.243 e. The Morgan fingerprint density at radius 2 is 1.72 bits per heavy atom. The fourth-order valence-corrected chi connectivity index (χ4v) is 4.80. The quantitative estimate of drug-likeness (QED) is 0.367. The Kier molecular flexibility index (Phi) is 11.2. The van der Waals surface area contributed by atoms with Crippen LogP contribution in [0.15, 0.2) is 42.5 Å². The van der Waals surface area contributed by atoms with Gasteiger partial charge in [-0.1, -0.05) is 72.9 Å². The Labute approximate surface area is 210 Å². The Bertz CT molecular complexity index is 926. The van der Waals surface area contributed by atoms with E-state index in [0.29, 0.717) is 27.2 Å². The van der Waals surface area contributed by atoms with Crippen molar-refractivity contribution in [3.05, 3.63) is 68.7 Å². The van der Waals surface area contributed by atoms with Gasteiger partial charge in [0, 0.05) is 33.4 Å². The van der Waals surface area contributed by atoms with Crippen molar-refractivity contribution in [3.63, 3.8) is 0 Å². The highest BCUT2D eigenvalue weighted by Crippen LogP contribution is 2.25. The molecule has 0 fully saturated rings. The molecule has 2 atom stereocenters. The van der Waals surface area contributed by atoms with Gasteiger partial charge in [0.25, 0.3) is 0 Å². The summed E-state index contributed by atoms with van der Waals surface area (Å²) in [4.78, 5) is 27.9. The largest absolute Gasteiger partial charge is 0.352 e. The molecule has 8 heteroatoms. The number of amides is 2. The summed E-state index contributed by atoms with van der Waals surface area (Å²) < 4.78 is 0. The summed E-state index contributed by atoms with van der Waals surface area (Å²) in [6, 6.07) is 12.2. The second-order valence-electron chi connectivity index (χ2n) is 7.58. The molecule has 4 nitrogen and oxygen atoms in total. The summed E-state index contributed by atoms with van der Waals surface area (Å²) in [5.74, 6) is 0.552. The standard InChI is InChI=1S/C24H29Cl3N2O2S/c1-4-16(3)28-24(31)22(5-2)29(13-17-10-11-19(25)12-21(17)27)23(30)15-32-14-18-8-6-7-9-20(18)26/h6-12,16,22H,4-5,13-15H2,1-3H3,(H,28,31)/t16-,22+/m1/s1. The lowest BCUT2D eigenvalue weighted by Crippen LogP contribution is -2.51. The molecule has 0 bridgehead atoms. The predicted molar refractivity (Wildman–Crippen MR) is 137 cm³/mol. The zero-order valence-electron chi connectivity index (χ0n) is 18.5. The van der Waals surface area contributed by atoms with Gasteiger partial charge in [-0.2, -0.15) is 0 Å². The number of hydrogen-bond donors (Lipinski definition) is 1. The summed E-state index contributed by atoms with van der Waals surface area (Å²) >= 11 is 20.1. The monoisotopic (exact) mass is 514 g/mol. The van der Waals surface area contributed by atoms with Crippen molar-refractivity contribution in [2.45, 2.75) is 58.0 Å². The molecule has 2 aromatic rings. The Morgan fingerprint density at radius 3 is 2.34 bits per heavy atom. The molecule has 32 heavy (non-hydrogen) atoms. The molecule has 0 radical (unpaired) electrons. The molecule has 0 saturated carbocycles. The first-order valence-electron chi connectivity index (χ1n) is 10.6. The van der Waals surface area contributed by atoms with Crippen molar-refractivity contribution in [3.8, 4) is 0 Å². The maximum atomic E-state index is 13.3. The van der Waals surface area contributed by atoms with Crippen molar-refractivity contribution in [2.75, 3.05) is 5.75 Å². The van der Waals surface area contributed by atoms with Crippen LogP contribution < -0.4 is 5.32 Å². The van der Waals surface area contributed by atoms with Crippen LogP contribution in [0.2, 0.25) is 15.1 Å². The third-order valence-electron chi connectivity index (χ3n) is 5.18. The van der Waals surface area contributed by atoms with Gasteiger partial charge >= 0.3 is 0 Å². The zero-order valence-corrected chi connectivity index (χ0v) is 21.6. The number of carbonyl (C=O) groups is 2. The predicted octanol–water partition coefficient (Wildman–Crippen LogP) is 6.60. The van der Waals surface area contributed by atoms with Crippen molar-refractivity contribution in [2.24, 2.45) is 0 Å². The number of thioether (sulfide) groups is 1. The maximum absolute atomic E-state index is 13.3. The molecule has 0 aliphatic carbocycles. The fraction of sp³-hybridized carbons (Fsp3) is 0.417. The van der Waals surface area contributed by atoms with E-state index < -0.39 is 6.04 Å². The first-order chi connectivity index (χ1) is 15.3. The Balaban J connectivity index is 2.20. The molecule has 0 aromatic heterocycles. The lowest BCUT2D eigenvalue weighted by molar-refractivity contribution is -0.139. The van der Waals surface area contributed by atoms with Gasteiger partial charge in [-0.15, -0.1) is 11.8 Å². The van der Waals surface area contributed by atoms with Crippen molar-refractivity contribution < 1.29 is 9.59 Å². The van der Waals surface area contributed by atoms with Crippen LogP contribution in [0.25, 0.3) is 0 Å². The van der Waals surface area contributed by atoms with Crippen LogP contribution in [-0.2, 0) is 21.9 Å². The average Bonchev–Trinajstić information content (AvgIpc) is 2.76. The van der Waals surface area contributed by atoms with E-state index in [0.717, 1.165) is 17.5 Å². The molecular weight excluding hydrogens is 487 g/mol. The van der Waals surface area contributed by atoms with E-state index in [9.17, 15) is 9.59 Å². The van der Waals surface area contributed by atoms with Crippen molar-refractivity contribution in [1.82, 2.24) is 10.2 Å². The molecule has 2 aromatic carbocycles. The van der Waals surface area contributed by atoms with E-state index in [1.165, 1.54) is 11.8 Å². The Morgan fingerprint density at radius 1 is 1.00 bits per heavy atom. The third kappa shape index (κ3) is 7.87. The number of rotatable bonds is 11. The van der Waals surface area contributed by atoms with E-state index in [2.05, 4.69) is 5.32 Å². The minimum Gasteiger partial charge on any atom is -0.352 e. The highest BCUT2D eigenvalue weighted by atomic mass is 35.5. The van der Waals surface area contributed by atoms with E-state index >= 15 is 0 Å². The first-order valence-corrected chi connectivity index (χ1v) is 12.9. The SMILES string of the molecule is CC[C@@H](C)NC(=O)[C@H](CC)N(Cc1ccc(Cl)cc1Cl)C(=O)CSCc1ccccc1Cl. The summed E-state index contributed by atoms with van der Waals surface area (Å²) in [6.07, 6.45) is 1.31. The normalized spacial score (nSPS) is 12.8. The van der Waals surface area contributed by atoms with Gasteiger partial charge in [0.05, 0.1) is 5.75 Å². The van der Waals surface area contributed by atoms with Crippen LogP contribution in [0.3, 0.4) is 0 Å². The maximum Gasteiger partial charge on any atom is 0.243 e. The molecular formula is C24H29Cl3N2O2S. The van der Waals surface area contributed by atoms with E-state index in [4.69, 9.17) is 34.8 Å². The molecule has 0 aliphatic rings. The highest BCUT2D eigenvalue weighted by molar-refractivity contribution is 7.99. The van der Waals surface area contributed by atoms with Crippen LogP contribution in [0.1, 0.15) is 44.7 Å². The van der Waals surface area contributed by atoms with Crippen LogP contribution in [0, 0.1) is 0 Å². The molecule has 2 amide bonds. The van der Waals surface area contributed by atoms with Gasteiger partial charge in [-0.3, -0.25) is 9.59 Å². The summed E-state index contributed by atoms with van der Waals surface area (Å²) in [5, 5.41) is 4.67. The zero-order chi connectivity index (χ0) is 23.7. The number of nitrogens with one attached hydrogen (secondary N) is 1. The molecule has 0 spiro atoms. The fourth-order valence-electron chi connectivity index (χ4n) is 3.14. The number of halogens is 3. The van der Waals surface area contributed by atoms with Crippen LogP contribution in [0.5, 0.6) is 0 Å². The van der Waals surface area contributed by atoms with Crippen molar-refractivity contribution in [1.29, 1.82) is 0 Å². The highest BCUT2D eigenvalue weighted by Gasteiger charge is 2.29. The second-order valence-corrected chi connectivity index (χ2v) is 9.82. The molecule has 1 N–H and O–H groups in total.